The summed E-state index contributed by atoms with van der Waals surface area (Å²) in [7, 11) is 0. The van der Waals surface area contributed by atoms with Crippen LogP contribution in [0.2, 0.25) is 0 Å². The Labute approximate surface area is 82.3 Å². The van der Waals surface area contributed by atoms with Crippen LogP contribution in [0.3, 0.4) is 0 Å². The van der Waals surface area contributed by atoms with E-state index in [1.54, 1.807) is 6.07 Å². The molecule has 76 valence electrons. The topological polar surface area (TPSA) is 88.6 Å². The fourth-order valence-corrected chi connectivity index (χ4v) is 0.489. The Morgan fingerprint density at radius 2 is 2.14 bits per heavy atom. The number of hydrogen-bond donors (Lipinski definition) is 2. The van der Waals surface area contributed by atoms with Gasteiger partial charge in [-0.15, -0.1) is 0 Å². The van der Waals surface area contributed by atoms with Crippen LogP contribution in [0.1, 0.15) is 24.2 Å². The van der Waals surface area contributed by atoms with Gasteiger partial charge in [0.2, 0.25) is 0 Å². The van der Waals surface area contributed by atoms with Gasteiger partial charge in [-0.1, -0.05) is 0 Å². The van der Waals surface area contributed by atoms with Gasteiger partial charge < -0.3 is 10.9 Å². The first-order valence-corrected chi connectivity index (χ1v) is 3.92. The van der Waals surface area contributed by atoms with Crippen molar-refractivity contribution in [2.45, 2.75) is 13.8 Å². The molecule has 0 aliphatic heterocycles. The highest BCUT2D eigenvalue weighted by Crippen LogP contribution is 1.92. The van der Waals surface area contributed by atoms with Gasteiger partial charge in [-0.25, -0.2) is 4.79 Å². The first-order valence-electron chi connectivity index (χ1n) is 3.92. The summed E-state index contributed by atoms with van der Waals surface area (Å²) < 4.78 is 0. The summed E-state index contributed by atoms with van der Waals surface area (Å²) in [6.07, 6.45) is 2.84. The van der Waals surface area contributed by atoms with Crippen LogP contribution in [-0.4, -0.2) is 21.8 Å². The van der Waals surface area contributed by atoms with Crippen LogP contribution >= 0.6 is 0 Å². The summed E-state index contributed by atoms with van der Waals surface area (Å²) >= 11 is 0. The van der Waals surface area contributed by atoms with Crippen molar-refractivity contribution < 1.29 is 9.90 Å². The molecule has 0 aliphatic carbocycles. The second-order valence-corrected chi connectivity index (χ2v) is 2.62. The predicted molar refractivity (Wildman–Crippen MR) is 54.2 cm³/mol. The van der Waals surface area contributed by atoms with Gasteiger partial charge in [-0.3, -0.25) is 4.98 Å². The molecular formula is C9H13N3O2. The maximum absolute atomic E-state index is 10.2. The number of aromatic carboxylic acids is 1. The van der Waals surface area contributed by atoms with Gasteiger partial charge in [-0.2, -0.15) is 5.10 Å². The second-order valence-electron chi connectivity index (χ2n) is 2.62. The van der Waals surface area contributed by atoms with Gasteiger partial charge in [0.05, 0.1) is 5.56 Å². The van der Waals surface area contributed by atoms with Crippen molar-refractivity contribution in [2.75, 3.05) is 0 Å². The molecule has 0 unspecified atom stereocenters. The third-order valence-electron chi connectivity index (χ3n) is 1.17. The highest BCUT2D eigenvalue weighted by Gasteiger charge is 1.97. The average Bonchev–Trinajstić information content (AvgIpc) is 2.20. The maximum Gasteiger partial charge on any atom is 0.337 e. The molecule has 3 N–H and O–H groups in total. The molecule has 0 atom stereocenters. The Bertz CT molecular complexity index is 305. The van der Waals surface area contributed by atoms with E-state index in [9.17, 15) is 4.79 Å². The number of carboxylic acid groups (broad SMARTS) is 1. The van der Waals surface area contributed by atoms with Gasteiger partial charge >= 0.3 is 5.97 Å². The number of aromatic nitrogens is 1. The molecule has 0 saturated heterocycles. The maximum atomic E-state index is 10.2. The minimum absolute atomic E-state index is 0.220. The summed E-state index contributed by atoms with van der Waals surface area (Å²) in [6.45, 7) is 3.69. The molecular weight excluding hydrogens is 182 g/mol. The van der Waals surface area contributed by atoms with Crippen LogP contribution in [0.25, 0.3) is 0 Å². The highest BCUT2D eigenvalue weighted by molar-refractivity contribution is 5.86. The SMILES string of the molecule is CC(C)=NN.O=C(O)c1cccnc1. The lowest BCUT2D eigenvalue weighted by Gasteiger charge is -1.87. The van der Waals surface area contributed by atoms with E-state index in [1.165, 1.54) is 18.5 Å². The van der Waals surface area contributed by atoms with Gasteiger partial charge in [0.15, 0.2) is 0 Å². The standard InChI is InChI=1S/C6H5NO2.C3H8N2/c8-6(9)5-2-1-3-7-4-5;1-3(2)5-4/h1-4H,(H,8,9);4H2,1-2H3. The van der Waals surface area contributed by atoms with Crippen LogP contribution in [0.4, 0.5) is 0 Å². The fraction of sp³-hybridized carbons (Fsp3) is 0.222. The Kier molecular flexibility index (Phi) is 5.69. The number of hydrogen-bond acceptors (Lipinski definition) is 4. The Morgan fingerprint density at radius 1 is 1.57 bits per heavy atom. The molecule has 0 aromatic carbocycles. The van der Waals surface area contributed by atoms with Crippen LogP contribution in [0, 0.1) is 0 Å². The zero-order chi connectivity index (χ0) is 11.0. The molecule has 0 bridgehead atoms. The minimum Gasteiger partial charge on any atom is -0.478 e. The Hall–Kier alpha value is -1.91. The normalized spacial score (nSPS) is 8.14. The van der Waals surface area contributed by atoms with Crippen molar-refractivity contribution in [1.29, 1.82) is 0 Å². The lowest BCUT2D eigenvalue weighted by Crippen LogP contribution is -1.94. The number of pyridine rings is 1. The van der Waals surface area contributed by atoms with Crippen LogP contribution in [0.15, 0.2) is 29.6 Å². The molecule has 0 saturated carbocycles. The fourth-order valence-electron chi connectivity index (χ4n) is 0.489. The largest absolute Gasteiger partial charge is 0.478 e. The first kappa shape index (κ1) is 12.1. The van der Waals surface area contributed by atoms with Crippen LogP contribution in [0.5, 0.6) is 0 Å². The van der Waals surface area contributed by atoms with Gasteiger partial charge in [-0.05, 0) is 26.0 Å². The van der Waals surface area contributed by atoms with E-state index in [4.69, 9.17) is 10.9 Å². The molecule has 0 radical (unpaired) electrons. The number of rotatable bonds is 1. The number of carboxylic acids is 1. The van der Waals surface area contributed by atoms with Crippen molar-refractivity contribution in [1.82, 2.24) is 4.98 Å². The number of nitrogens with two attached hydrogens (primary N) is 1. The van der Waals surface area contributed by atoms with Crippen molar-refractivity contribution in [3.63, 3.8) is 0 Å². The molecule has 0 amide bonds. The summed E-state index contributed by atoms with van der Waals surface area (Å²) in [5.41, 5.74) is 1.13. The molecule has 1 aromatic rings. The van der Waals surface area contributed by atoms with E-state index in [-0.39, 0.29) is 5.56 Å². The van der Waals surface area contributed by atoms with E-state index in [0.717, 1.165) is 5.71 Å². The first-order chi connectivity index (χ1) is 6.57. The number of hydrazone groups is 1. The molecule has 14 heavy (non-hydrogen) atoms. The van der Waals surface area contributed by atoms with Gasteiger partial charge in [0.25, 0.3) is 0 Å². The van der Waals surface area contributed by atoms with E-state index < -0.39 is 5.97 Å². The number of carbonyl (C=O) groups is 1. The van der Waals surface area contributed by atoms with Crippen molar-refractivity contribution in [2.24, 2.45) is 10.9 Å². The molecule has 0 aliphatic rings. The molecule has 1 heterocycles. The van der Waals surface area contributed by atoms with Crippen molar-refractivity contribution >= 4 is 11.7 Å². The molecule has 5 nitrogen and oxygen atoms in total. The van der Waals surface area contributed by atoms with Gasteiger partial charge in [0.1, 0.15) is 0 Å². The number of nitrogens with zero attached hydrogens (tertiary/aromatic N) is 2. The zero-order valence-electron chi connectivity index (χ0n) is 8.14. The molecule has 5 heteroatoms. The molecule has 0 fully saturated rings. The average molecular weight is 195 g/mol. The lowest BCUT2D eigenvalue weighted by molar-refractivity contribution is 0.0696. The third-order valence-corrected chi connectivity index (χ3v) is 1.17. The zero-order valence-corrected chi connectivity index (χ0v) is 8.14. The van der Waals surface area contributed by atoms with Crippen LogP contribution < -0.4 is 5.84 Å². The second kappa shape index (κ2) is 6.59. The summed E-state index contributed by atoms with van der Waals surface area (Å²) in [5.74, 6) is 3.82. The highest BCUT2D eigenvalue weighted by atomic mass is 16.4. The van der Waals surface area contributed by atoms with Crippen LogP contribution in [-0.2, 0) is 0 Å². The quantitative estimate of drug-likeness (QED) is 0.399. The van der Waals surface area contributed by atoms with Crippen molar-refractivity contribution in [3.05, 3.63) is 30.1 Å². The molecule has 1 rings (SSSR count). The summed E-state index contributed by atoms with van der Waals surface area (Å²) in [6, 6.07) is 3.08. The van der Waals surface area contributed by atoms with E-state index in [1.807, 2.05) is 13.8 Å². The summed E-state index contributed by atoms with van der Waals surface area (Å²) in [4.78, 5) is 13.8. The van der Waals surface area contributed by atoms with E-state index in [0.29, 0.717) is 0 Å². The monoisotopic (exact) mass is 195 g/mol. The van der Waals surface area contributed by atoms with Crippen molar-refractivity contribution in [3.8, 4) is 0 Å². The van der Waals surface area contributed by atoms with E-state index >= 15 is 0 Å². The lowest BCUT2D eigenvalue weighted by atomic mass is 10.3. The minimum atomic E-state index is -0.942. The Balaban J connectivity index is 0.000000292. The predicted octanol–water partition coefficient (Wildman–Crippen LogP) is 1.12. The molecule has 0 spiro atoms. The van der Waals surface area contributed by atoms with E-state index in [2.05, 4.69) is 10.1 Å². The van der Waals surface area contributed by atoms with Gasteiger partial charge in [0, 0.05) is 18.1 Å². The Morgan fingerprint density at radius 3 is 2.36 bits per heavy atom. The smallest absolute Gasteiger partial charge is 0.337 e. The molecule has 1 aromatic heterocycles. The summed E-state index contributed by atoms with van der Waals surface area (Å²) in [5, 5.41) is 11.7. The third kappa shape index (κ3) is 5.70.